The maximum Gasteiger partial charge on any atom is 0.217 e. The summed E-state index contributed by atoms with van der Waals surface area (Å²) >= 11 is 3.12. The zero-order valence-electron chi connectivity index (χ0n) is 9.02. The van der Waals surface area contributed by atoms with E-state index < -0.39 is 17.7 Å². The maximum absolute atomic E-state index is 13.2. The minimum Gasteiger partial charge on any atom is -0.385 e. The molecule has 0 bridgehead atoms. The van der Waals surface area contributed by atoms with Crippen molar-refractivity contribution in [2.24, 2.45) is 0 Å². The zero-order chi connectivity index (χ0) is 12.9. The molecule has 0 radical (unpaired) electrons. The molecule has 18 heavy (non-hydrogen) atoms. The van der Waals surface area contributed by atoms with E-state index in [1.807, 2.05) is 0 Å². The van der Waals surface area contributed by atoms with Crippen molar-refractivity contribution in [2.75, 3.05) is 0 Å². The van der Waals surface area contributed by atoms with Gasteiger partial charge in [0.05, 0.1) is 6.04 Å². The van der Waals surface area contributed by atoms with Gasteiger partial charge < -0.3 is 5.11 Å². The third-order valence-corrected chi connectivity index (χ3v) is 3.34. The monoisotopic (exact) mass is 315 g/mol. The zero-order valence-corrected chi connectivity index (χ0v) is 10.6. The van der Waals surface area contributed by atoms with Crippen molar-refractivity contribution in [3.8, 4) is 0 Å². The lowest BCUT2D eigenvalue weighted by Crippen LogP contribution is -2.08. The predicted molar refractivity (Wildman–Crippen MR) is 61.8 cm³/mol. The Kier molecular flexibility index (Phi) is 2.67. The van der Waals surface area contributed by atoms with Gasteiger partial charge in [-0.3, -0.25) is 0 Å². The van der Waals surface area contributed by atoms with Crippen LogP contribution in [0.15, 0.2) is 22.9 Å². The Morgan fingerprint density at radius 1 is 1.33 bits per heavy atom. The molecule has 2 atom stereocenters. The lowest BCUT2D eigenvalue weighted by molar-refractivity contribution is 0.172. The van der Waals surface area contributed by atoms with Gasteiger partial charge >= 0.3 is 0 Å². The molecule has 1 aliphatic rings. The highest BCUT2D eigenvalue weighted by atomic mass is 79.9. The SMILES string of the molecule is O[C@@H]1C[C@@H](c2ccc(F)c(F)c2)n2nc(Br)nc21. The molecule has 0 spiro atoms. The molecule has 1 N–H and O–H groups in total. The number of aromatic nitrogens is 3. The Morgan fingerprint density at radius 2 is 2.11 bits per heavy atom. The fourth-order valence-electron chi connectivity index (χ4n) is 2.18. The second kappa shape index (κ2) is 4.10. The van der Waals surface area contributed by atoms with E-state index in [0.717, 1.165) is 12.1 Å². The molecule has 4 nitrogen and oxygen atoms in total. The number of benzene rings is 1. The molecule has 0 unspecified atom stereocenters. The van der Waals surface area contributed by atoms with E-state index in [2.05, 4.69) is 26.0 Å². The van der Waals surface area contributed by atoms with Crippen LogP contribution in [0, 0.1) is 11.6 Å². The first-order valence-corrected chi connectivity index (χ1v) is 6.10. The van der Waals surface area contributed by atoms with Crippen molar-refractivity contribution < 1.29 is 13.9 Å². The lowest BCUT2D eigenvalue weighted by Gasteiger charge is -2.11. The molecule has 0 saturated heterocycles. The number of rotatable bonds is 1. The molecule has 0 amide bonds. The Hall–Kier alpha value is -1.34. The highest BCUT2D eigenvalue weighted by molar-refractivity contribution is 9.10. The van der Waals surface area contributed by atoms with Gasteiger partial charge in [0.25, 0.3) is 0 Å². The number of nitrogens with zero attached hydrogens (tertiary/aromatic N) is 3. The van der Waals surface area contributed by atoms with Gasteiger partial charge in [-0.2, -0.15) is 0 Å². The van der Waals surface area contributed by atoms with Crippen LogP contribution in [0.3, 0.4) is 0 Å². The largest absolute Gasteiger partial charge is 0.385 e. The van der Waals surface area contributed by atoms with E-state index in [4.69, 9.17) is 0 Å². The maximum atomic E-state index is 13.2. The van der Waals surface area contributed by atoms with E-state index in [1.165, 1.54) is 10.7 Å². The first kappa shape index (κ1) is 11.7. The minimum absolute atomic E-state index is 0.330. The van der Waals surface area contributed by atoms with Crippen LogP contribution in [0.5, 0.6) is 0 Å². The van der Waals surface area contributed by atoms with E-state index in [-0.39, 0.29) is 6.04 Å². The Labute approximate surface area is 109 Å². The molecule has 0 aliphatic carbocycles. The molecular weight excluding hydrogens is 308 g/mol. The Morgan fingerprint density at radius 3 is 2.83 bits per heavy atom. The van der Waals surface area contributed by atoms with Gasteiger partial charge in [0.15, 0.2) is 17.5 Å². The number of hydrogen-bond acceptors (Lipinski definition) is 3. The molecule has 0 fully saturated rings. The highest BCUT2D eigenvalue weighted by Crippen LogP contribution is 2.37. The molecule has 2 heterocycles. The number of hydrogen-bond donors (Lipinski definition) is 1. The van der Waals surface area contributed by atoms with Crippen LogP contribution in [-0.2, 0) is 0 Å². The van der Waals surface area contributed by atoms with Crippen molar-refractivity contribution in [3.05, 3.63) is 46.0 Å². The fraction of sp³-hybridized carbons (Fsp3) is 0.273. The fourth-order valence-corrected chi connectivity index (χ4v) is 2.53. The Bertz CT molecular complexity index is 616. The summed E-state index contributed by atoms with van der Waals surface area (Å²) in [6.45, 7) is 0. The summed E-state index contributed by atoms with van der Waals surface area (Å²) in [6, 6.07) is 3.35. The van der Waals surface area contributed by atoms with E-state index in [9.17, 15) is 13.9 Å². The number of halogens is 3. The van der Waals surface area contributed by atoms with E-state index in [1.54, 1.807) is 0 Å². The summed E-state index contributed by atoms with van der Waals surface area (Å²) in [7, 11) is 0. The number of aliphatic hydroxyl groups is 1. The third-order valence-electron chi connectivity index (χ3n) is 3.00. The average Bonchev–Trinajstić information content (AvgIpc) is 2.83. The van der Waals surface area contributed by atoms with Crippen LogP contribution in [0.4, 0.5) is 8.78 Å². The molecule has 0 saturated carbocycles. The van der Waals surface area contributed by atoms with E-state index in [0.29, 0.717) is 22.5 Å². The molecule has 7 heteroatoms. The van der Waals surface area contributed by atoms with Crippen LogP contribution in [0.25, 0.3) is 0 Å². The van der Waals surface area contributed by atoms with Crippen molar-refractivity contribution in [3.63, 3.8) is 0 Å². The molecular formula is C11H8BrF2N3O. The highest BCUT2D eigenvalue weighted by Gasteiger charge is 2.34. The topological polar surface area (TPSA) is 50.9 Å². The van der Waals surface area contributed by atoms with Crippen molar-refractivity contribution in [1.82, 2.24) is 14.8 Å². The van der Waals surface area contributed by atoms with Crippen molar-refractivity contribution in [2.45, 2.75) is 18.6 Å². The van der Waals surface area contributed by atoms with Gasteiger partial charge in [-0.1, -0.05) is 6.07 Å². The molecule has 3 rings (SSSR count). The first-order valence-electron chi connectivity index (χ1n) is 5.31. The van der Waals surface area contributed by atoms with Crippen molar-refractivity contribution >= 4 is 15.9 Å². The summed E-state index contributed by atoms with van der Waals surface area (Å²) in [5.41, 5.74) is 0.559. The Balaban J connectivity index is 2.05. The van der Waals surface area contributed by atoms with Gasteiger partial charge in [0, 0.05) is 6.42 Å². The van der Waals surface area contributed by atoms with Crippen LogP contribution in [-0.4, -0.2) is 19.9 Å². The summed E-state index contributed by atoms with van der Waals surface area (Å²) in [5.74, 6) is -1.37. The van der Waals surface area contributed by atoms with E-state index >= 15 is 0 Å². The van der Waals surface area contributed by atoms with Gasteiger partial charge in [0.1, 0.15) is 6.10 Å². The lowest BCUT2D eigenvalue weighted by atomic mass is 10.0. The standard InChI is InChI=1S/C11H8BrF2N3O/c12-11-15-10-9(18)4-8(17(10)16-11)5-1-2-6(13)7(14)3-5/h1-3,8-9,18H,4H2/t8-,9+/m0/s1. The molecule has 94 valence electrons. The smallest absolute Gasteiger partial charge is 0.217 e. The average molecular weight is 316 g/mol. The quantitative estimate of drug-likeness (QED) is 0.879. The van der Waals surface area contributed by atoms with Crippen LogP contribution >= 0.6 is 15.9 Å². The number of aliphatic hydroxyl groups excluding tert-OH is 1. The molecule has 1 aliphatic heterocycles. The summed E-state index contributed by atoms with van der Waals surface area (Å²) in [6.07, 6.45) is -0.393. The van der Waals surface area contributed by atoms with Gasteiger partial charge in [-0.15, -0.1) is 5.10 Å². The van der Waals surface area contributed by atoms with Crippen molar-refractivity contribution in [1.29, 1.82) is 0 Å². The summed E-state index contributed by atoms with van der Waals surface area (Å²) in [4.78, 5) is 4.04. The molecule has 1 aromatic heterocycles. The normalized spacial score (nSPS) is 22.2. The second-order valence-corrected chi connectivity index (χ2v) is 4.83. The predicted octanol–water partition coefficient (Wildman–Crippen LogP) is 2.35. The van der Waals surface area contributed by atoms with Gasteiger partial charge in [-0.25, -0.2) is 18.4 Å². The summed E-state index contributed by atoms with van der Waals surface area (Å²) < 4.78 is 28.0. The summed E-state index contributed by atoms with van der Waals surface area (Å²) in [5, 5.41) is 13.9. The second-order valence-electron chi connectivity index (χ2n) is 4.12. The van der Waals surface area contributed by atoms with Gasteiger partial charge in [0.2, 0.25) is 4.73 Å². The van der Waals surface area contributed by atoms with Crippen LogP contribution in [0.1, 0.15) is 30.0 Å². The molecule has 2 aromatic rings. The van der Waals surface area contributed by atoms with Crippen LogP contribution in [0.2, 0.25) is 0 Å². The third kappa shape index (κ3) is 1.74. The minimum atomic E-state index is -0.908. The van der Waals surface area contributed by atoms with Gasteiger partial charge in [-0.05, 0) is 33.6 Å². The number of fused-ring (bicyclic) bond motifs is 1. The molecule has 1 aromatic carbocycles. The first-order chi connectivity index (χ1) is 8.56. The van der Waals surface area contributed by atoms with Crippen LogP contribution < -0.4 is 0 Å².